The number of carbonyl (C=O) groups excluding carboxylic acids is 1. The smallest absolute Gasteiger partial charge is 0.224 e. The predicted molar refractivity (Wildman–Crippen MR) is 82.2 cm³/mol. The fraction of sp³-hybridized carbons (Fsp3) is 0.250. The molecule has 0 fully saturated rings. The standard InChI is InChI=1S/C16H16N4O/c1-2-13(21)18-11-4-3-5-12-14(11)10-7-6-9-8-17-20-15(9)16(10)19-12/h3-5,8,19H,2,6-7H2,1H3,(H,17,20)(H,18,21). The van der Waals surface area contributed by atoms with E-state index >= 15 is 0 Å². The Morgan fingerprint density at radius 3 is 3.10 bits per heavy atom. The van der Waals surface area contributed by atoms with E-state index in [2.05, 4.69) is 20.5 Å². The van der Waals surface area contributed by atoms with E-state index in [0.29, 0.717) is 6.42 Å². The van der Waals surface area contributed by atoms with Crippen molar-refractivity contribution in [2.24, 2.45) is 0 Å². The van der Waals surface area contributed by atoms with Gasteiger partial charge in [0.1, 0.15) is 0 Å². The third-order valence-corrected chi connectivity index (χ3v) is 4.14. The van der Waals surface area contributed by atoms with E-state index in [1.165, 1.54) is 11.1 Å². The summed E-state index contributed by atoms with van der Waals surface area (Å²) in [6.07, 6.45) is 4.31. The van der Waals surface area contributed by atoms with Crippen molar-refractivity contribution in [1.82, 2.24) is 15.2 Å². The van der Waals surface area contributed by atoms with Crippen molar-refractivity contribution in [2.45, 2.75) is 26.2 Å². The van der Waals surface area contributed by atoms with Gasteiger partial charge in [-0.1, -0.05) is 13.0 Å². The van der Waals surface area contributed by atoms with Crippen LogP contribution in [0.4, 0.5) is 5.69 Å². The van der Waals surface area contributed by atoms with Crippen molar-refractivity contribution >= 4 is 22.5 Å². The number of aryl methyl sites for hydroxylation is 2. The van der Waals surface area contributed by atoms with Crippen molar-refractivity contribution in [2.75, 3.05) is 5.32 Å². The number of benzene rings is 1. The summed E-state index contributed by atoms with van der Waals surface area (Å²) in [6, 6.07) is 5.97. The number of anilines is 1. The summed E-state index contributed by atoms with van der Waals surface area (Å²) < 4.78 is 0. The zero-order chi connectivity index (χ0) is 14.4. The van der Waals surface area contributed by atoms with Gasteiger partial charge in [-0.2, -0.15) is 5.10 Å². The minimum Gasteiger partial charge on any atom is -0.353 e. The van der Waals surface area contributed by atoms with E-state index in [-0.39, 0.29) is 5.91 Å². The van der Waals surface area contributed by atoms with Gasteiger partial charge in [0, 0.05) is 17.3 Å². The van der Waals surface area contributed by atoms with Crippen LogP contribution in [0.1, 0.15) is 24.5 Å². The molecule has 1 aliphatic carbocycles. The molecule has 1 aromatic carbocycles. The Hall–Kier alpha value is -2.56. The first-order valence-corrected chi connectivity index (χ1v) is 7.24. The number of aromatic amines is 2. The fourth-order valence-corrected chi connectivity index (χ4v) is 3.10. The lowest BCUT2D eigenvalue weighted by molar-refractivity contribution is -0.115. The predicted octanol–water partition coefficient (Wildman–Crippen LogP) is 3.01. The number of hydrogen-bond donors (Lipinski definition) is 3. The number of fused-ring (bicyclic) bond motifs is 5. The number of carbonyl (C=O) groups is 1. The van der Waals surface area contributed by atoms with E-state index in [1.54, 1.807) is 0 Å². The maximum Gasteiger partial charge on any atom is 0.224 e. The average molecular weight is 280 g/mol. The third kappa shape index (κ3) is 1.77. The highest BCUT2D eigenvalue weighted by atomic mass is 16.1. The molecule has 1 aliphatic rings. The van der Waals surface area contributed by atoms with Gasteiger partial charge in [0.25, 0.3) is 0 Å². The fourth-order valence-electron chi connectivity index (χ4n) is 3.10. The second kappa shape index (κ2) is 4.48. The molecule has 3 aromatic rings. The molecule has 5 heteroatoms. The molecule has 0 aliphatic heterocycles. The highest BCUT2D eigenvalue weighted by Gasteiger charge is 2.23. The Bertz CT molecular complexity index is 843. The van der Waals surface area contributed by atoms with Crippen LogP contribution in [0.15, 0.2) is 24.4 Å². The van der Waals surface area contributed by atoms with Crippen LogP contribution in [0.25, 0.3) is 22.3 Å². The molecule has 0 bridgehead atoms. The quantitative estimate of drug-likeness (QED) is 0.675. The molecule has 0 saturated carbocycles. The van der Waals surface area contributed by atoms with Gasteiger partial charge >= 0.3 is 0 Å². The van der Waals surface area contributed by atoms with Gasteiger partial charge in [0.15, 0.2) is 0 Å². The molecule has 0 radical (unpaired) electrons. The van der Waals surface area contributed by atoms with Crippen molar-refractivity contribution in [3.8, 4) is 11.4 Å². The van der Waals surface area contributed by atoms with Crippen LogP contribution in [0.2, 0.25) is 0 Å². The molecule has 3 N–H and O–H groups in total. The molecule has 0 unspecified atom stereocenters. The Labute approximate surface area is 121 Å². The summed E-state index contributed by atoms with van der Waals surface area (Å²) >= 11 is 0. The molecule has 0 atom stereocenters. The topological polar surface area (TPSA) is 73.6 Å². The molecule has 21 heavy (non-hydrogen) atoms. The second-order valence-corrected chi connectivity index (χ2v) is 5.38. The van der Waals surface area contributed by atoms with Crippen LogP contribution in [0.5, 0.6) is 0 Å². The van der Waals surface area contributed by atoms with Gasteiger partial charge in [-0.3, -0.25) is 9.89 Å². The Balaban J connectivity index is 1.94. The van der Waals surface area contributed by atoms with Gasteiger partial charge < -0.3 is 10.3 Å². The normalized spacial score (nSPS) is 13.0. The maximum atomic E-state index is 11.7. The molecule has 0 spiro atoms. The Kier molecular flexibility index (Phi) is 2.60. The van der Waals surface area contributed by atoms with E-state index in [4.69, 9.17) is 0 Å². The van der Waals surface area contributed by atoms with Crippen molar-refractivity contribution in [3.05, 3.63) is 35.5 Å². The van der Waals surface area contributed by atoms with Crippen LogP contribution in [-0.2, 0) is 17.6 Å². The van der Waals surface area contributed by atoms with E-state index in [0.717, 1.165) is 40.8 Å². The molecule has 5 nitrogen and oxygen atoms in total. The van der Waals surface area contributed by atoms with Gasteiger partial charge in [0.2, 0.25) is 5.91 Å². The maximum absolute atomic E-state index is 11.7. The first-order chi connectivity index (χ1) is 10.3. The Morgan fingerprint density at radius 2 is 2.24 bits per heavy atom. The number of H-pyrrole nitrogens is 2. The number of aromatic nitrogens is 3. The van der Waals surface area contributed by atoms with Crippen LogP contribution >= 0.6 is 0 Å². The molecular formula is C16H16N4O. The molecular weight excluding hydrogens is 264 g/mol. The van der Waals surface area contributed by atoms with Crippen molar-refractivity contribution in [1.29, 1.82) is 0 Å². The number of amides is 1. The Morgan fingerprint density at radius 1 is 1.33 bits per heavy atom. The third-order valence-electron chi connectivity index (χ3n) is 4.14. The summed E-state index contributed by atoms with van der Waals surface area (Å²) in [5, 5.41) is 11.3. The highest BCUT2D eigenvalue weighted by molar-refractivity contribution is 6.05. The summed E-state index contributed by atoms with van der Waals surface area (Å²) in [4.78, 5) is 15.2. The van der Waals surface area contributed by atoms with Crippen molar-refractivity contribution in [3.63, 3.8) is 0 Å². The van der Waals surface area contributed by atoms with Gasteiger partial charge in [-0.25, -0.2) is 0 Å². The average Bonchev–Trinajstić information content (AvgIpc) is 3.10. The first kappa shape index (κ1) is 12.2. The van der Waals surface area contributed by atoms with Gasteiger partial charge in [-0.05, 0) is 36.1 Å². The molecule has 2 aromatic heterocycles. The zero-order valence-corrected chi connectivity index (χ0v) is 11.8. The molecule has 1 amide bonds. The minimum absolute atomic E-state index is 0.0375. The summed E-state index contributed by atoms with van der Waals surface area (Å²) in [7, 11) is 0. The first-order valence-electron chi connectivity index (χ1n) is 7.24. The molecule has 0 saturated heterocycles. The van der Waals surface area contributed by atoms with Crippen LogP contribution in [0, 0.1) is 0 Å². The lowest BCUT2D eigenvalue weighted by Crippen LogP contribution is -2.10. The van der Waals surface area contributed by atoms with Gasteiger partial charge in [-0.15, -0.1) is 0 Å². The summed E-state index contributed by atoms with van der Waals surface area (Å²) in [5.74, 6) is 0.0375. The SMILES string of the molecule is CCC(=O)Nc1cccc2[nH]c3c(c12)CCc1cn[nH]c1-3. The van der Waals surface area contributed by atoms with E-state index < -0.39 is 0 Å². The number of nitrogens with one attached hydrogen (secondary N) is 3. The summed E-state index contributed by atoms with van der Waals surface area (Å²) in [5.41, 5.74) is 6.61. The minimum atomic E-state index is 0.0375. The highest BCUT2D eigenvalue weighted by Crippen LogP contribution is 2.39. The lowest BCUT2D eigenvalue weighted by atomic mass is 9.93. The lowest BCUT2D eigenvalue weighted by Gasteiger charge is -2.13. The molecule has 4 rings (SSSR count). The van der Waals surface area contributed by atoms with Crippen LogP contribution in [0.3, 0.4) is 0 Å². The largest absolute Gasteiger partial charge is 0.353 e. The number of nitrogens with zero attached hydrogens (tertiary/aromatic N) is 1. The zero-order valence-electron chi connectivity index (χ0n) is 11.8. The summed E-state index contributed by atoms with van der Waals surface area (Å²) in [6.45, 7) is 1.86. The molecule has 106 valence electrons. The monoisotopic (exact) mass is 280 g/mol. The number of rotatable bonds is 2. The van der Waals surface area contributed by atoms with E-state index in [1.807, 2.05) is 31.3 Å². The van der Waals surface area contributed by atoms with Gasteiger partial charge in [0.05, 0.1) is 23.3 Å². The van der Waals surface area contributed by atoms with Crippen molar-refractivity contribution < 1.29 is 4.79 Å². The molecule has 2 heterocycles. The van der Waals surface area contributed by atoms with Crippen LogP contribution < -0.4 is 5.32 Å². The second-order valence-electron chi connectivity index (χ2n) is 5.38. The van der Waals surface area contributed by atoms with E-state index in [9.17, 15) is 4.79 Å². The van der Waals surface area contributed by atoms with Crippen LogP contribution in [-0.4, -0.2) is 21.1 Å². The number of hydrogen-bond acceptors (Lipinski definition) is 2.